The van der Waals surface area contributed by atoms with E-state index in [0.29, 0.717) is 22.4 Å². The second-order valence-electron chi connectivity index (χ2n) is 9.06. The fourth-order valence-electron chi connectivity index (χ4n) is 6.09. The van der Waals surface area contributed by atoms with Gasteiger partial charge in [-0.2, -0.15) is 0 Å². The third-order valence-corrected chi connectivity index (χ3v) is 7.31. The van der Waals surface area contributed by atoms with E-state index in [9.17, 15) is 14.4 Å². The van der Waals surface area contributed by atoms with Crippen molar-refractivity contribution in [2.75, 3.05) is 0 Å². The number of hydrogen-bond acceptors (Lipinski definition) is 4. The molecule has 1 aromatic heterocycles. The van der Waals surface area contributed by atoms with Crippen molar-refractivity contribution in [1.82, 2.24) is 9.55 Å². The molecule has 0 saturated heterocycles. The van der Waals surface area contributed by atoms with Crippen LogP contribution in [0, 0.1) is 0 Å². The van der Waals surface area contributed by atoms with Crippen molar-refractivity contribution in [3.8, 4) is 0 Å². The molecule has 0 unspecified atom stereocenters. The lowest BCUT2D eigenvalue weighted by molar-refractivity contribution is -0.117. The lowest BCUT2D eigenvalue weighted by Gasteiger charge is -2.41. The van der Waals surface area contributed by atoms with Crippen molar-refractivity contribution in [2.45, 2.75) is 37.0 Å². The van der Waals surface area contributed by atoms with Crippen LogP contribution in [0.4, 0.5) is 0 Å². The Morgan fingerprint density at radius 1 is 0.939 bits per heavy atom. The van der Waals surface area contributed by atoms with Gasteiger partial charge in [-0.25, -0.2) is 4.98 Å². The van der Waals surface area contributed by atoms with E-state index in [-0.39, 0.29) is 36.2 Å². The lowest BCUT2D eigenvalue weighted by atomic mass is 9.61. The molecule has 1 aliphatic heterocycles. The number of Topliss-reactive ketones (excluding diaryl/α,β-unsaturated/α-hetero) is 2. The first kappa shape index (κ1) is 19.8. The average molecular weight is 434 g/mol. The maximum atomic E-state index is 14.5. The van der Waals surface area contributed by atoms with E-state index in [1.165, 1.54) is 0 Å². The molecule has 6 rings (SSSR count). The fourth-order valence-corrected chi connectivity index (χ4v) is 6.09. The molecule has 5 heteroatoms. The highest BCUT2D eigenvalue weighted by Gasteiger charge is 2.64. The molecule has 0 bridgehead atoms. The molecule has 0 N–H and O–H groups in total. The van der Waals surface area contributed by atoms with Crippen LogP contribution in [0.1, 0.15) is 63.7 Å². The minimum absolute atomic E-state index is 0.00949. The van der Waals surface area contributed by atoms with Gasteiger partial charge in [0.1, 0.15) is 17.0 Å². The molecular formula is C28H22N2O3. The number of imidazole rings is 1. The van der Waals surface area contributed by atoms with E-state index in [2.05, 4.69) is 0 Å². The summed E-state index contributed by atoms with van der Waals surface area (Å²) in [6.07, 6.45) is 0.404. The van der Waals surface area contributed by atoms with Gasteiger partial charge >= 0.3 is 0 Å². The largest absolute Gasteiger partial charge is 0.300 e. The summed E-state index contributed by atoms with van der Waals surface area (Å²) in [6.45, 7) is 1.56. The maximum absolute atomic E-state index is 14.5. The standard InChI is InChI=1S/C28H22N2O3/c1-17(31)15-21-19-11-5-6-12-20(19)22-16-25(32)30-24-14-8-7-13-23(24)29-27(30)28(21,22)26(33)18-9-3-2-4-10-18/h2-14,21-22H,15-16H2,1H3/t21-,22-,28+/m1/s1. The summed E-state index contributed by atoms with van der Waals surface area (Å²) in [7, 11) is 0. The van der Waals surface area contributed by atoms with Crippen LogP contribution in [0.5, 0.6) is 0 Å². The number of para-hydroxylation sites is 2. The first-order valence-corrected chi connectivity index (χ1v) is 11.2. The predicted molar refractivity (Wildman–Crippen MR) is 125 cm³/mol. The molecule has 3 aromatic carbocycles. The summed E-state index contributed by atoms with van der Waals surface area (Å²) in [6, 6.07) is 24.6. The van der Waals surface area contributed by atoms with Crippen molar-refractivity contribution in [2.24, 2.45) is 0 Å². The molecule has 0 saturated carbocycles. The van der Waals surface area contributed by atoms with Crippen LogP contribution in [0.25, 0.3) is 11.0 Å². The van der Waals surface area contributed by atoms with Gasteiger partial charge in [0.05, 0.1) is 11.0 Å². The quantitative estimate of drug-likeness (QED) is 0.421. The first-order chi connectivity index (χ1) is 16.0. The second-order valence-corrected chi connectivity index (χ2v) is 9.06. The Morgan fingerprint density at radius 3 is 2.36 bits per heavy atom. The van der Waals surface area contributed by atoms with Crippen LogP contribution in [-0.4, -0.2) is 27.0 Å². The summed E-state index contributed by atoms with van der Waals surface area (Å²) in [5.41, 5.74) is 2.75. The highest BCUT2D eigenvalue weighted by Crippen LogP contribution is 2.62. The minimum atomic E-state index is -1.14. The van der Waals surface area contributed by atoms with E-state index in [1.807, 2.05) is 78.9 Å². The van der Waals surface area contributed by atoms with Gasteiger partial charge in [-0.05, 0) is 30.2 Å². The van der Waals surface area contributed by atoms with E-state index in [4.69, 9.17) is 4.98 Å². The van der Waals surface area contributed by atoms with Crippen molar-refractivity contribution < 1.29 is 14.4 Å². The first-order valence-electron chi connectivity index (χ1n) is 11.2. The van der Waals surface area contributed by atoms with Gasteiger partial charge in [0, 0.05) is 30.2 Å². The highest BCUT2D eigenvalue weighted by atomic mass is 16.2. The Bertz CT molecular complexity index is 1450. The molecule has 1 aliphatic carbocycles. The third kappa shape index (κ3) is 2.59. The molecule has 33 heavy (non-hydrogen) atoms. The second kappa shape index (κ2) is 7.07. The van der Waals surface area contributed by atoms with Crippen molar-refractivity contribution >= 4 is 28.5 Å². The fraction of sp³-hybridized carbons (Fsp3) is 0.214. The van der Waals surface area contributed by atoms with Crippen LogP contribution in [0.2, 0.25) is 0 Å². The van der Waals surface area contributed by atoms with Gasteiger partial charge in [0.25, 0.3) is 0 Å². The topological polar surface area (TPSA) is 69.0 Å². The Labute approximate surface area is 191 Å². The van der Waals surface area contributed by atoms with Crippen LogP contribution < -0.4 is 0 Å². The molecule has 162 valence electrons. The Kier molecular flexibility index (Phi) is 4.24. The summed E-state index contributed by atoms with van der Waals surface area (Å²) in [5.74, 6) is -0.454. The van der Waals surface area contributed by atoms with E-state index >= 15 is 0 Å². The summed E-state index contributed by atoms with van der Waals surface area (Å²) < 4.78 is 1.63. The summed E-state index contributed by atoms with van der Waals surface area (Å²) in [4.78, 5) is 45.5. The van der Waals surface area contributed by atoms with Crippen molar-refractivity contribution in [3.63, 3.8) is 0 Å². The summed E-state index contributed by atoms with van der Waals surface area (Å²) >= 11 is 0. The molecule has 0 fully saturated rings. The van der Waals surface area contributed by atoms with Gasteiger partial charge in [0.15, 0.2) is 5.78 Å². The maximum Gasteiger partial charge on any atom is 0.233 e. The number of aromatic nitrogens is 2. The number of benzene rings is 3. The van der Waals surface area contributed by atoms with Crippen molar-refractivity contribution in [1.29, 1.82) is 0 Å². The van der Waals surface area contributed by atoms with E-state index in [1.54, 1.807) is 11.5 Å². The number of hydrogen-bond donors (Lipinski definition) is 0. The van der Waals surface area contributed by atoms with Gasteiger partial charge in [-0.1, -0.05) is 66.7 Å². The predicted octanol–water partition coefficient (Wildman–Crippen LogP) is 5.06. The Balaban J connectivity index is 1.74. The molecule has 3 atom stereocenters. The summed E-state index contributed by atoms with van der Waals surface area (Å²) in [5, 5.41) is 0. The van der Waals surface area contributed by atoms with E-state index < -0.39 is 11.3 Å². The zero-order valence-electron chi connectivity index (χ0n) is 18.2. The highest BCUT2D eigenvalue weighted by molar-refractivity contribution is 6.09. The number of ketones is 2. The SMILES string of the molecule is CC(=O)C[C@@H]1c2ccccc2[C@H]2CC(=O)n3c(nc4ccccc43)[C@@]12C(=O)c1ccccc1. The number of rotatable bonds is 4. The van der Waals surface area contributed by atoms with Gasteiger partial charge in [-0.15, -0.1) is 0 Å². The number of carbonyl (C=O) groups excluding carboxylic acids is 3. The molecule has 0 amide bonds. The minimum Gasteiger partial charge on any atom is -0.300 e. The molecule has 0 spiro atoms. The Hall–Kier alpha value is -3.86. The van der Waals surface area contributed by atoms with Crippen LogP contribution >= 0.6 is 0 Å². The molecule has 2 aliphatic rings. The number of fused-ring (bicyclic) bond motifs is 7. The molecule has 0 radical (unpaired) electrons. The van der Waals surface area contributed by atoms with Crippen LogP contribution in [0.3, 0.4) is 0 Å². The smallest absolute Gasteiger partial charge is 0.233 e. The molecule has 5 nitrogen and oxygen atoms in total. The normalized spacial score (nSPS) is 23.1. The number of nitrogens with zero attached hydrogens (tertiary/aromatic N) is 2. The van der Waals surface area contributed by atoms with Gasteiger partial charge < -0.3 is 4.79 Å². The molecular weight excluding hydrogens is 412 g/mol. The third-order valence-electron chi connectivity index (χ3n) is 7.31. The van der Waals surface area contributed by atoms with Gasteiger partial charge in [0.2, 0.25) is 5.91 Å². The zero-order valence-corrected chi connectivity index (χ0v) is 18.2. The lowest BCUT2D eigenvalue weighted by Crippen LogP contribution is -2.50. The Morgan fingerprint density at radius 2 is 1.61 bits per heavy atom. The van der Waals surface area contributed by atoms with Crippen molar-refractivity contribution in [3.05, 3.63) is 101 Å². The molecule has 2 heterocycles. The monoisotopic (exact) mass is 434 g/mol. The number of carbonyl (C=O) groups is 3. The molecule has 4 aromatic rings. The van der Waals surface area contributed by atoms with Gasteiger partial charge in [-0.3, -0.25) is 14.2 Å². The zero-order chi connectivity index (χ0) is 22.7. The van der Waals surface area contributed by atoms with Crippen LogP contribution in [-0.2, 0) is 10.2 Å². The average Bonchev–Trinajstić information content (AvgIpc) is 3.35. The van der Waals surface area contributed by atoms with E-state index in [0.717, 1.165) is 11.1 Å². The van der Waals surface area contributed by atoms with Crippen LogP contribution in [0.15, 0.2) is 78.9 Å².